The van der Waals surface area contributed by atoms with E-state index in [9.17, 15) is 20.1 Å². The SMILES string of the molecule is CC(=O)Cc1ccc(/C=N/Nc2ncnc3c2ncn3[C@@H]2O[C@H](CO)[C@H](O)C2O)cc1. The summed E-state index contributed by atoms with van der Waals surface area (Å²) in [5.41, 5.74) is 5.36. The van der Waals surface area contributed by atoms with Crippen LogP contribution in [0.4, 0.5) is 5.82 Å². The third-order valence-electron chi connectivity index (χ3n) is 4.97. The molecule has 0 radical (unpaired) electrons. The third-order valence-corrected chi connectivity index (χ3v) is 4.97. The minimum atomic E-state index is -1.25. The summed E-state index contributed by atoms with van der Waals surface area (Å²) < 4.78 is 7.02. The van der Waals surface area contributed by atoms with Gasteiger partial charge in [0.25, 0.3) is 0 Å². The molecule has 0 amide bonds. The van der Waals surface area contributed by atoms with Crippen molar-refractivity contribution < 1.29 is 24.9 Å². The summed E-state index contributed by atoms with van der Waals surface area (Å²) in [6.07, 6.45) is 0.420. The number of aliphatic hydroxyl groups is 3. The van der Waals surface area contributed by atoms with Gasteiger partial charge in [0.05, 0.1) is 19.1 Å². The van der Waals surface area contributed by atoms with E-state index in [4.69, 9.17) is 4.74 Å². The Labute approximate surface area is 177 Å². The average molecular weight is 426 g/mol. The number of carbonyl (C=O) groups is 1. The van der Waals surface area contributed by atoms with Crippen LogP contribution in [0.1, 0.15) is 24.3 Å². The quantitative estimate of drug-likeness (QED) is 0.302. The Hall–Kier alpha value is -3.25. The van der Waals surface area contributed by atoms with Crippen molar-refractivity contribution in [1.82, 2.24) is 19.5 Å². The summed E-state index contributed by atoms with van der Waals surface area (Å²) in [4.78, 5) is 23.8. The Balaban J connectivity index is 1.51. The lowest BCUT2D eigenvalue weighted by molar-refractivity contribution is -0.116. The van der Waals surface area contributed by atoms with E-state index in [0.717, 1.165) is 11.1 Å². The molecule has 11 nitrogen and oxygen atoms in total. The van der Waals surface area contributed by atoms with Crippen LogP contribution in [0.5, 0.6) is 0 Å². The van der Waals surface area contributed by atoms with Gasteiger partial charge in [-0.2, -0.15) is 5.10 Å². The lowest BCUT2D eigenvalue weighted by atomic mass is 10.1. The van der Waals surface area contributed by atoms with Gasteiger partial charge in [-0.15, -0.1) is 0 Å². The zero-order valence-electron chi connectivity index (χ0n) is 16.7. The average Bonchev–Trinajstić information content (AvgIpc) is 3.31. The molecule has 11 heteroatoms. The first-order valence-electron chi connectivity index (χ1n) is 9.65. The molecule has 162 valence electrons. The number of ether oxygens (including phenoxy) is 1. The number of carbonyl (C=O) groups excluding carboxylic acids is 1. The molecule has 31 heavy (non-hydrogen) atoms. The fourth-order valence-corrected chi connectivity index (χ4v) is 3.41. The molecule has 4 rings (SSSR count). The molecule has 1 fully saturated rings. The van der Waals surface area contributed by atoms with Crippen LogP contribution in [0, 0.1) is 0 Å². The van der Waals surface area contributed by atoms with Gasteiger partial charge < -0.3 is 20.1 Å². The number of fused-ring (bicyclic) bond motifs is 1. The number of hydrazone groups is 1. The van der Waals surface area contributed by atoms with E-state index in [1.807, 2.05) is 24.3 Å². The van der Waals surface area contributed by atoms with E-state index in [2.05, 4.69) is 25.5 Å². The first-order valence-corrected chi connectivity index (χ1v) is 9.65. The van der Waals surface area contributed by atoms with Crippen molar-refractivity contribution in [3.8, 4) is 0 Å². The first kappa shape index (κ1) is 21.0. The van der Waals surface area contributed by atoms with Crippen LogP contribution in [-0.4, -0.2) is 71.8 Å². The number of benzene rings is 1. The maximum absolute atomic E-state index is 11.2. The minimum Gasteiger partial charge on any atom is -0.394 e. The van der Waals surface area contributed by atoms with E-state index in [0.29, 0.717) is 23.4 Å². The Bertz CT molecular complexity index is 1100. The van der Waals surface area contributed by atoms with Crippen LogP contribution in [0.15, 0.2) is 42.0 Å². The topological polar surface area (TPSA) is 155 Å². The van der Waals surface area contributed by atoms with E-state index >= 15 is 0 Å². The van der Waals surface area contributed by atoms with Crippen molar-refractivity contribution >= 4 is 29.0 Å². The second kappa shape index (κ2) is 8.86. The molecule has 0 spiro atoms. The molecule has 0 bridgehead atoms. The lowest BCUT2D eigenvalue weighted by Crippen LogP contribution is -2.33. The number of aromatic nitrogens is 4. The van der Waals surface area contributed by atoms with Gasteiger partial charge in [0.2, 0.25) is 0 Å². The smallest absolute Gasteiger partial charge is 0.177 e. The summed E-state index contributed by atoms with van der Waals surface area (Å²) in [6.45, 7) is 1.13. The largest absolute Gasteiger partial charge is 0.394 e. The van der Waals surface area contributed by atoms with Gasteiger partial charge >= 0.3 is 0 Å². The zero-order chi connectivity index (χ0) is 22.0. The molecular weight excluding hydrogens is 404 g/mol. The number of rotatable bonds is 7. The Morgan fingerprint density at radius 3 is 2.68 bits per heavy atom. The molecular formula is C20H22N6O5. The van der Waals surface area contributed by atoms with Crippen molar-refractivity contribution in [3.63, 3.8) is 0 Å². The number of hydrogen-bond donors (Lipinski definition) is 4. The number of nitrogens with zero attached hydrogens (tertiary/aromatic N) is 5. The summed E-state index contributed by atoms with van der Waals surface area (Å²) in [7, 11) is 0. The van der Waals surface area contributed by atoms with Gasteiger partial charge in [-0.1, -0.05) is 24.3 Å². The molecule has 4 N–H and O–H groups in total. The molecule has 2 aromatic heterocycles. The zero-order valence-corrected chi connectivity index (χ0v) is 16.7. The third kappa shape index (κ3) is 4.30. The fourth-order valence-electron chi connectivity index (χ4n) is 3.41. The molecule has 1 unspecified atom stereocenters. The maximum Gasteiger partial charge on any atom is 0.177 e. The molecule has 1 aliphatic rings. The van der Waals surface area contributed by atoms with Gasteiger partial charge in [-0.3, -0.25) is 14.8 Å². The van der Waals surface area contributed by atoms with Crippen LogP contribution in [0.2, 0.25) is 0 Å². The van der Waals surface area contributed by atoms with Gasteiger partial charge in [0.1, 0.15) is 30.4 Å². The van der Waals surface area contributed by atoms with Gasteiger partial charge in [0.15, 0.2) is 23.2 Å². The van der Waals surface area contributed by atoms with Crippen molar-refractivity contribution in [1.29, 1.82) is 0 Å². The molecule has 3 aromatic rings. The van der Waals surface area contributed by atoms with Crippen molar-refractivity contribution in [2.24, 2.45) is 5.10 Å². The van der Waals surface area contributed by atoms with Crippen LogP contribution >= 0.6 is 0 Å². The summed E-state index contributed by atoms with van der Waals surface area (Å²) in [5, 5.41) is 33.7. The lowest BCUT2D eigenvalue weighted by Gasteiger charge is -2.16. The minimum absolute atomic E-state index is 0.104. The van der Waals surface area contributed by atoms with Gasteiger partial charge in [-0.25, -0.2) is 15.0 Å². The number of Topliss-reactive ketones (excluding diaryl/α,β-unsaturated/α-hetero) is 1. The Morgan fingerprint density at radius 1 is 1.23 bits per heavy atom. The second-order valence-electron chi connectivity index (χ2n) is 7.27. The number of anilines is 1. The van der Waals surface area contributed by atoms with Crippen LogP contribution < -0.4 is 5.43 Å². The molecule has 1 aromatic carbocycles. The number of hydrogen-bond acceptors (Lipinski definition) is 10. The first-order chi connectivity index (χ1) is 15.0. The highest BCUT2D eigenvalue weighted by atomic mass is 16.6. The van der Waals surface area contributed by atoms with E-state index < -0.39 is 31.1 Å². The van der Waals surface area contributed by atoms with E-state index in [-0.39, 0.29) is 5.78 Å². The monoisotopic (exact) mass is 426 g/mol. The summed E-state index contributed by atoms with van der Waals surface area (Å²) >= 11 is 0. The van der Waals surface area contributed by atoms with E-state index in [1.54, 1.807) is 13.1 Å². The Kier molecular flexibility index (Phi) is 6.00. The predicted molar refractivity (Wildman–Crippen MR) is 110 cm³/mol. The van der Waals surface area contributed by atoms with E-state index in [1.165, 1.54) is 17.2 Å². The normalized spacial score (nSPS) is 23.6. The molecule has 3 heterocycles. The highest BCUT2D eigenvalue weighted by Gasteiger charge is 2.44. The van der Waals surface area contributed by atoms with Crippen molar-refractivity contribution in [2.45, 2.75) is 37.9 Å². The van der Waals surface area contributed by atoms with Crippen LogP contribution in [0.3, 0.4) is 0 Å². The number of imidazole rings is 1. The highest BCUT2D eigenvalue weighted by molar-refractivity contribution is 5.85. The maximum atomic E-state index is 11.2. The summed E-state index contributed by atoms with van der Waals surface area (Å²) in [6, 6.07) is 7.45. The fraction of sp³-hybridized carbons (Fsp3) is 0.350. The predicted octanol–water partition coefficient (Wildman–Crippen LogP) is 0.0153. The van der Waals surface area contributed by atoms with Crippen molar-refractivity contribution in [2.75, 3.05) is 12.0 Å². The molecule has 1 aliphatic heterocycles. The Morgan fingerprint density at radius 2 is 2.00 bits per heavy atom. The van der Waals surface area contributed by atoms with Gasteiger partial charge in [-0.05, 0) is 18.1 Å². The van der Waals surface area contributed by atoms with Crippen LogP contribution in [-0.2, 0) is 16.0 Å². The number of nitrogens with one attached hydrogen (secondary N) is 1. The molecule has 1 saturated heterocycles. The summed E-state index contributed by atoms with van der Waals surface area (Å²) in [5.74, 6) is 0.451. The van der Waals surface area contributed by atoms with Crippen molar-refractivity contribution in [3.05, 3.63) is 48.0 Å². The van der Waals surface area contributed by atoms with Gasteiger partial charge in [0, 0.05) is 6.42 Å². The number of ketones is 1. The second-order valence-corrected chi connectivity index (χ2v) is 7.27. The van der Waals surface area contributed by atoms with Crippen LogP contribution in [0.25, 0.3) is 11.2 Å². The molecule has 4 atom stereocenters. The molecule has 0 saturated carbocycles. The highest BCUT2D eigenvalue weighted by Crippen LogP contribution is 2.32. The molecule has 0 aliphatic carbocycles. The standard InChI is InChI=1S/C20H22N6O5/c1-11(28)6-12-2-4-13(5-3-12)7-24-25-18-15-19(22-9-21-18)26(10-23-15)20-17(30)16(29)14(8-27)31-20/h2-5,7,9-10,14,16-17,20,27,29-30H,6,8H2,1H3,(H,21,22,25)/b24-7+/t14-,16+,17?,20-/m1/s1. The number of aliphatic hydroxyl groups excluding tert-OH is 3.